The standard InChI is InChI=1S/C12H13Cl.C11H14S/c1-9(2)10(3)8-11-4-6-12(13)7-5-11;1-9(2)12-8-11-6-4-10(3)5-7-11/h4-7H,1,3,8H2,2H3;4-7H,1,8H2,2-3H3. The van der Waals surface area contributed by atoms with Crippen LogP contribution in [-0.2, 0) is 12.2 Å². The highest BCUT2D eigenvalue weighted by atomic mass is 35.5. The normalized spacial score (nSPS) is 9.76. The number of rotatable bonds is 6. The number of hydrogen-bond acceptors (Lipinski definition) is 1. The van der Waals surface area contributed by atoms with Crippen LogP contribution in [0.5, 0.6) is 0 Å². The molecule has 0 spiro atoms. The van der Waals surface area contributed by atoms with Crippen molar-refractivity contribution in [2.45, 2.75) is 32.9 Å². The fourth-order valence-corrected chi connectivity index (χ4v) is 2.62. The van der Waals surface area contributed by atoms with Crippen molar-refractivity contribution in [3.63, 3.8) is 0 Å². The lowest BCUT2D eigenvalue weighted by Crippen LogP contribution is -1.89. The minimum absolute atomic E-state index is 0.768. The Bertz CT molecular complexity index is 709. The van der Waals surface area contributed by atoms with Crippen molar-refractivity contribution in [2.75, 3.05) is 0 Å². The molecule has 0 amide bonds. The van der Waals surface area contributed by atoms with Crippen LogP contribution in [0.15, 0.2) is 84.3 Å². The van der Waals surface area contributed by atoms with E-state index in [4.69, 9.17) is 11.6 Å². The van der Waals surface area contributed by atoms with Crippen molar-refractivity contribution < 1.29 is 0 Å². The molecule has 0 unspecified atom stereocenters. The fraction of sp³-hybridized carbons (Fsp3) is 0.217. The number of aryl methyl sites for hydroxylation is 1. The molecule has 0 radical (unpaired) electrons. The van der Waals surface area contributed by atoms with Gasteiger partial charge in [0, 0.05) is 10.8 Å². The molecule has 2 aromatic carbocycles. The van der Waals surface area contributed by atoms with Gasteiger partial charge in [-0.05, 0) is 60.9 Å². The molecule has 25 heavy (non-hydrogen) atoms. The summed E-state index contributed by atoms with van der Waals surface area (Å²) in [5.41, 5.74) is 6.02. The van der Waals surface area contributed by atoms with Crippen LogP contribution in [0.4, 0.5) is 0 Å². The number of hydrogen-bond donors (Lipinski definition) is 0. The summed E-state index contributed by atoms with van der Waals surface area (Å²) in [6, 6.07) is 16.4. The van der Waals surface area contributed by atoms with Crippen LogP contribution in [0, 0.1) is 6.92 Å². The molecule has 0 bridgehead atoms. The molecule has 0 heterocycles. The van der Waals surface area contributed by atoms with Crippen LogP contribution in [0.1, 0.15) is 30.5 Å². The van der Waals surface area contributed by atoms with E-state index < -0.39 is 0 Å². The Labute approximate surface area is 162 Å². The van der Waals surface area contributed by atoms with Crippen LogP contribution >= 0.6 is 23.4 Å². The molecule has 0 aliphatic carbocycles. The second-order valence-corrected chi connectivity index (χ2v) is 7.87. The van der Waals surface area contributed by atoms with Gasteiger partial charge in [0.1, 0.15) is 0 Å². The van der Waals surface area contributed by atoms with E-state index in [1.165, 1.54) is 21.6 Å². The van der Waals surface area contributed by atoms with Gasteiger partial charge in [-0.25, -0.2) is 0 Å². The zero-order chi connectivity index (χ0) is 18.8. The largest absolute Gasteiger partial charge is 0.127 e. The Morgan fingerprint density at radius 2 is 1.40 bits per heavy atom. The third kappa shape index (κ3) is 9.38. The Balaban J connectivity index is 0.000000251. The first-order valence-electron chi connectivity index (χ1n) is 8.20. The molecule has 0 saturated carbocycles. The third-order valence-electron chi connectivity index (χ3n) is 3.54. The van der Waals surface area contributed by atoms with Crippen molar-refractivity contribution in [1.29, 1.82) is 0 Å². The molecule has 2 rings (SSSR count). The lowest BCUT2D eigenvalue weighted by molar-refractivity contribution is 1.16. The second kappa shape index (κ2) is 11.0. The van der Waals surface area contributed by atoms with Crippen LogP contribution in [0.25, 0.3) is 0 Å². The van der Waals surface area contributed by atoms with Gasteiger partial charge in [0.25, 0.3) is 0 Å². The molecule has 0 fully saturated rings. The molecule has 0 saturated heterocycles. The van der Waals surface area contributed by atoms with E-state index in [1.54, 1.807) is 11.8 Å². The van der Waals surface area contributed by atoms with Crippen molar-refractivity contribution in [1.82, 2.24) is 0 Å². The zero-order valence-electron chi connectivity index (χ0n) is 15.4. The number of halogens is 1. The average Bonchev–Trinajstić information content (AvgIpc) is 2.57. The number of benzene rings is 2. The van der Waals surface area contributed by atoms with E-state index >= 15 is 0 Å². The van der Waals surface area contributed by atoms with Crippen LogP contribution < -0.4 is 0 Å². The van der Waals surface area contributed by atoms with Crippen molar-refractivity contribution in [2.24, 2.45) is 0 Å². The van der Waals surface area contributed by atoms with E-state index in [1.807, 2.05) is 38.1 Å². The van der Waals surface area contributed by atoms with E-state index in [9.17, 15) is 0 Å². The Morgan fingerprint density at radius 3 is 1.88 bits per heavy atom. The minimum Gasteiger partial charge on any atom is -0.127 e. The summed E-state index contributed by atoms with van der Waals surface area (Å²) >= 11 is 7.57. The number of thioether (sulfide) groups is 1. The monoisotopic (exact) mass is 370 g/mol. The summed E-state index contributed by atoms with van der Waals surface area (Å²) in [6.07, 6.45) is 0.854. The molecule has 0 aliphatic rings. The fourth-order valence-electron chi connectivity index (χ4n) is 1.89. The van der Waals surface area contributed by atoms with Gasteiger partial charge >= 0.3 is 0 Å². The molecule has 0 aliphatic heterocycles. The molecule has 0 aromatic heterocycles. The highest BCUT2D eigenvalue weighted by Gasteiger charge is 1.97. The van der Waals surface area contributed by atoms with E-state index in [2.05, 4.69) is 50.9 Å². The second-order valence-electron chi connectivity index (χ2n) is 6.16. The lowest BCUT2D eigenvalue weighted by Gasteiger charge is -2.04. The number of allylic oxidation sites excluding steroid dienone is 3. The Morgan fingerprint density at radius 1 is 0.880 bits per heavy atom. The van der Waals surface area contributed by atoms with Crippen molar-refractivity contribution >= 4 is 23.4 Å². The van der Waals surface area contributed by atoms with E-state index in [-0.39, 0.29) is 0 Å². The maximum atomic E-state index is 5.77. The Kier molecular flexibility index (Phi) is 9.41. The lowest BCUT2D eigenvalue weighted by atomic mass is 10.0. The van der Waals surface area contributed by atoms with Gasteiger partial charge in [0.05, 0.1) is 0 Å². The van der Waals surface area contributed by atoms with Crippen molar-refractivity contribution in [3.05, 3.63) is 106 Å². The SMILES string of the molecule is C=C(C)C(=C)Cc1ccc(Cl)cc1.C=C(C)SCc1ccc(C)cc1. The predicted molar refractivity (Wildman–Crippen MR) is 116 cm³/mol. The predicted octanol–water partition coefficient (Wildman–Crippen LogP) is 7.78. The smallest absolute Gasteiger partial charge is 0.0406 e. The highest BCUT2D eigenvalue weighted by Crippen LogP contribution is 2.19. The topological polar surface area (TPSA) is 0 Å². The van der Waals surface area contributed by atoms with Gasteiger partial charge in [-0.3, -0.25) is 0 Å². The van der Waals surface area contributed by atoms with Gasteiger partial charge in [-0.15, -0.1) is 11.8 Å². The summed E-state index contributed by atoms with van der Waals surface area (Å²) in [7, 11) is 0. The van der Waals surface area contributed by atoms with E-state index in [0.29, 0.717) is 0 Å². The first kappa shape index (κ1) is 21.3. The molecule has 2 heteroatoms. The van der Waals surface area contributed by atoms with Gasteiger partial charge in [0.2, 0.25) is 0 Å². The van der Waals surface area contributed by atoms with Gasteiger partial charge in [-0.2, -0.15) is 0 Å². The van der Waals surface area contributed by atoms with Crippen LogP contribution in [-0.4, -0.2) is 0 Å². The van der Waals surface area contributed by atoms with E-state index in [0.717, 1.165) is 28.3 Å². The summed E-state index contributed by atoms with van der Waals surface area (Å²) < 4.78 is 0. The summed E-state index contributed by atoms with van der Waals surface area (Å²) in [5.74, 6) is 1.04. The van der Waals surface area contributed by atoms with Crippen molar-refractivity contribution in [3.8, 4) is 0 Å². The molecule has 0 N–H and O–H groups in total. The molecule has 132 valence electrons. The third-order valence-corrected chi connectivity index (χ3v) is 4.76. The molecule has 0 nitrogen and oxygen atoms in total. The van der Waals surface area contributed by atoms with Gasteiger partial charge < -0.3 is 0 Å². The first-order chi connectivity index (χ1) is 11.8. The molecular weight excluding hydrogens is 344 g/mol. The van der Waals surface area contributed by atoms with Crippen LogP contribution in [0.2, 0.25) is 5.02 Å². The minimum atomic E-state index is 0.768. The zero-order valence-corrected chi connectivity index (χ0v) is 17.0. The highest BCUT2D eigenvalue weighted by molar-refractivity contribution is 8.02. The van der Waals surface area contributed by atoms with Gasteiger partial charge in [0.15, 0.2) is 0 Å². The molecule has 2 aromatic rings. The quantitative estimate of drug-likeness (QED) is 0.468. The average molecular weight is 371 g/mol. The van der Waals surface area contributed by atoms with Gasteiger partial charge in [-0.1, -0.05) is 78.9 Å². The van der Waals surface area contributed by atoms with Crippen LogP contribution in [0.3, 0.4) is 0 Å². The maximum absolute atomic E-state index is 5.77. The maximum Gasteiger partial charge on any atom is 0.0406 e. The Hall–Kier alpha value is -1.70. The first-order valence-corrected chi connectivity index (χ1v) is 9.56. The molecule has 0 atom stereocenters. The summed E-state index contributed by atoms with van der Waals surface area (Å²) in [5, 5.41) is 0.768. The summed E-state index contributed by atoms with van der Waals surface area (Å²) in [4.78, 5) is 1.18. The molecular formula is C23H27ClS. The summed E-state index contributed by atoms with van der Waals surface area (Å²) in [6.45, 7) is 17.8.